The number of aromatic nitrogens is 5. The summed E-state index contributed by atoms with van der Waals surface area (Å²) in [5, 5.41) is 7.98. The fraction of sp³-hybridized carbons (Fsp3) is 0.562. The molecule has 3 rings (SSSR count). The van der Waals surface area contributed by atoms with Gasteiger partial charge in [-0.2, -0.15) is 15.0 Å². The van der Waals surface area contributed by atoms with Gasteiger partial charge in [-0.3, -0.25) is 0 Å². The summed E-state index contributed by atoms with van der Waals surface area (Å²) in [7, 11) is 3.72. The fourth-order valence-electron chi connectivity index (χ4n) is 2.25. The van der Waals surface area contributed by atoms with Gasteiger partial charge in [0.2, 0.25) is 23.7 Å². The first-order valence-corrected chi connectivity index (χ1v) is 8.45. The van der Waals surface area contributed by atoms with E-state index in [0.29, 0.717) is 31.0 Å². The predicted octanol–water partition coefficient (Wildman–Crippen LogP) is 1.14. The van der Waals surface area contributed by atoms with Crippen molar-refractivity contribution in [3.05, 3.63) is 12.1 Å². The van der Waals surface area contributed by atoms with Crippen molar-refractivity contribution in [1.82, 2.24) is 25.1 Å². The summed E-state index contributed by atoms with van der Waals surface area (Å²) in [5.74, 6) is 1.77. The number of ether oxygens (including phenoxy) is 3. The van der Waals surface area contributed by atoms with Crippen LogP contribution in [0.4, 0.5) is 11.9 Å². The molecule has 2 aromatic rings. The van der Waals surface area contributed by atoms with Crippen molar-refractivity contribution in [3.8, 4) is 17.8 Å². The smallest absolute Gasteiger partial charge is 0.330 e. The van der Waals surface area contributed by atoms with Crippen LogP contribution in [-0.4, -0.2) is 71.7 Å². The van der Waals surface area contributed by atoms with Gasteiger partial charge in [-0.05, 0) is 13.8 Å². The summed E-state index contributed by atoms with van der Waals surface area (Å²) in [4.78, 5) is 17.0. The average Bonchev–Trinajstić information content (AvgIpc) is 2.63. The highest BCUT2D eigenvalue weighted by molar-refractivity contribution is 5.40. The zero-order valence-electron chi connectivity index (χ0n) is 15.4. The van der Waals surface area contributed by atoms with Gasteiger partial charge in [-0.25, -0.2) is 0 Å². The molecule has 0 atom stereocenters. The lowest BCUT2D eigenvalue weighted by atomic mass is 10.4. The lowest BCUT2D eigenvalue weighted by Crippen LogP contribution is -2.37. The van der Waals surface area contributed by atoms with Crippen LogP contribution in [0.15, 0.2) is 12.1 Å². The molecule has 140 valence electrons. The molecule has 10 nitrogen and oxygen atoms in total. The van der Waals surface area contributed by atoms with E-state index in [1.807, 2.05) is 32.8 Å². The van der Waals surface area contributed by atoms with Crippen LogP contribution < -0.4 is 19.3 Å². The van der Waals surface area contributed by atoms with Crippen LogP contribution in [0.5, 0.6) is 17.8 Å². The normalized spacial score (nSPS) is 14.4. The molecule has 0 spiro atoms. The molecule has 10 heteroatoms. The number of hydrogen-bond acceptors (Lipinski definition) is 10. The molecule has 1 aliphatic rings. The van der Waals surface area contributed by atoms with E-state index in [1.54, 1.807) is 17.0 Å². The Morgan fingerprint density at radius 1 is 1.04 bits per heavy atom. The SMILES string of the molecule is CC(C)Oc1ccc(Oc2nc(N(C)C)nc(N3CCOCC3)n2)nn1. The first-order valence-electron chi connectivity index (χ1n) is 8.45. The third kappa shape index (κ3) is 4.66. The van der Waals surface area contributed by atoms with Crippen LogP contribution >= 0.6 is 0 Å². The summed E-state index contributed by atoms with van der Waals surface area (Å²) in [6, 6.07) is 3.52. The summed E-state index contributed by atoms with van der Waals surface area (Å²) < 4.78 is 16.5. The Labute approximate surface area is 152 Å². The van der Waals surface area contributed by atoms with Crippen LogP contribution in [0.3, 0.4) is 0 Å². The Kier molecular flexibility index (Phi) is 5.61. The van der Waals surface area contributed by atoms with E-state index in [4.69, 9.17) is 14.2 Å². The Balaban J connectivity index is 1.80. The molecular formula is C16H23N7O3. The van der Waals surface area contributed by atoms with E-state index in [9.17, 15) is 0 Å². The highest BCUT2D eigenvalue weighted by Crippen LogP contribution is 2.22. The lowest BCUT2D eigenvalue weighted by Gasteiger charge is -2.27. The van der Waals surface area contributed by atoms with Crippen molar-refractivity contribution in [1.29, 1.82) is 0 Å². The zero-order chi connectivity index (χ0) is 18.5. The quantitative estimate of drug-likeness (QED) is 0.745. The third-order valence-corrected chi connectivity index (χ3v) is 3.45. The largest absolute Gasteiger partial charge is 0.474 e. The molecule has 1 saturated heterocycles. The summed E-state index contributed by atoms with van der Waals surface area (Å²) in [6.07, 6.45) is 0.0262. The number of nitrogens with zero attached hydrogens (tertiary/aromatic N) is 7. The monoisotopic (exact) mass is 361 g/mol. The maximum Gasteiger partial charge on any atom is 0.330 e. The van der Waals surface area contributed by atoms with Gasteiger partial charge in [0.1, 0.15) is 0 Å². The van der Waals surface area contributed by atoms with Gasteiger partial charge >= 0.3 is 6.01 Å². The molecular weight excluding hydrogens is 338 g/mol. The maximum atomic E-state index is 5.68. The second kappa shape index (κ2) is 8.09. The molecule has 0 bridgehead atoms. The van der Waals surface area contributed by atoms with Crippen LogP contribution in [-0.2, 0) is 4.74 Å². The van der Waals surface area contributed by atoms with Gasteiger partial charge in [0.15, 0.2) is 0 Å². The molecule has 0 aromatic carbocycles. The first kappa shape index (κ1) is 18.1. The molecule has 0 unspecified atom stereocenters. The fourth-order valence-corrected chi connectivity index (χ4v) is 2.25. The van der Waals surface area contributed by atoms with Gasteiger partial charge in [0.05, 0.1) is 19.3 Å². The van der Waals surface area contributed by atoms with E-state index in [0.717, 1.165) is 13.1 Å². The molecule has 1 fully saturated rings. The van der Waals surface area contributed by atoms with Crippen molar-refractivity contribution in [2.75, 3.05) is 50.2 Å². The minimum absolute atomic E-state index is 0.0262. The minimum atomic E-state index is 0.0262. The van der Waals surface area contributed by atoms with Crippen LogP contribution in [0, 0.1) is 0 Å². The van der Waals surface area contributed by atoms with Gasteiger partial charge in [0.25, 0.3) is 0 Å². The second-order valence-corrected chi connectivity index (χ2v) is 6.19. The van der Waals surface area contributed by atoms with Gasteiger partial charge in [0, 0.05) is 39.3 Å². The van der Waals surface area contributed by atoms with Crippen LogP contribution in [0.2, 0.25) is 0 Å². The summed E-state index contributed by atoms with van der Waals surface area (Å²) in [6.45, 7) is 6.57. The third-order valence-electron chi connectivity index (χ3n) is 3.45. The Morgan fingerprint density at radius 2 is 1.73 bits per heavy atom. The van der Waals surface area contributed by atoms with Crippen molar-refractivity contribution in [2.45, 2.75) is 20.0 Å². The molecule has 1 aliphatic heterocycles. The molecule has 0 radical (unpaired) electrons. The highest BCUT2D eigenvalue weighted by atomic mass is 16.5. The number of anilines is 2. The first-order chi connectivity index (χ1) is 12.5. The second-order valence-electron chi connectivity index (χ2n) is 6.19. The van der Waals surface area contributed by atoms with Crippen molar-refractivity contribution in [3.63, 3.8) is 0 Å². The Bertz CT molecular complexity index is 718. The molecule has 3 heterocycles. The lowest BCUT2D eigenvalue weighted by molar-refractivity contribution is 0.122. The van der Waals surface area contributed by atoms with Crippen molar-refractivity contribution < 1.29 is 14.2 Å². The van der Waals surface area contributed by atoms with Crippen LogP contribution in [0.25, 0.3) is 0 Å². The molecule has 0 N–H and O–H groups in total. The predicted molar refractivity (Wildman–Crippen MR) is 95.1 cm³/mol. The van der Waals surface area contributed by atoms with Gasteiger partial charge in [-0.15, -0.1) is 10.2 Å². The van der Waals surface area contributed by atoms with Gasteiger partial charge in [-0.1, -0.05) is 0 Å². The van der Waals surface area contributed by atoms with E-state index < -0.39 is 0 Å². The molecule has 0 saturated carbocycles. The summed E-state index contributed by atoms with van der Waals surface area (Å²) in [5.41, 5.74) is 0. The van der Waals surface area contributed by atoms with Crippen molar-refractivity contribution in [2.24, 2.45) is 0 Å². The van der Waals surface area contributed by atoms with E-state index >= 15 is 0 Å². The number of hydrogen-bond donors (Lipinski definition) is 0. The number of rotatable bonds is 6. The molecule has 2 aromatic heterocycles. The standard InChI is InChI=1S/C16H23N7O3/c1-11(2)25-12-5-6-13(21-20-12)26-16-18-14(22(3)4)17-15(19-16)23-7-9-24-10-8-23/h5-6,11H,7-10H2,1-4H3. The summed E-state index contributed by atoms with van der Waals surface area (Å²) >= 11 is 0. The van der Waals surface area contributed by atoms with Crippen LogP contribution in [0.1, 0.15) is 13.8 Å². The molecule has 26 heavy (non-hydrogen) atoms. The van der Waals surface area contributed by atoms with Gasteiger partial charge < -0.3 is 24.0 Å². The topological polar surface area (TPSA) is 98.6 Å². The van der Waals surface area contributed by atoms with Crippen molar-refractivity contribution >= 4 is 11.9 Å². The Hall–Kier alpha value is -2.75. The molecule has 0 amide bonds. The maximum absolute atomic E-state index is 5.68. The zero-order valence-corrected chi connectivity index (χ0v) is 15.4. The Morgan fingerprint density at radius 3 is 2.35 bits per heavy atom. The highest BCUT2D eigenvalue weighted by Gasteiger charge is 2.18. The van der Waals surface area contributed by atoms with E-state index in [2.05, 4.69) is 25.1 Å². The minimum Gasteiger partial charge on any atom is -0.474 e. The van der Waals surface area contributed by atoms with E-state index in [-0.39, 0.29) is 18.0 Å². The van der Waals surface area contributed by atoms with E-state index in [1.165, 1.54) is 0 Å². The number of morpholine rings is 1. The average molecular weight is 361 g/mol. The molecule has 0 aliphatic carbocycles.